The third-order valence-corrected chi connectivity index (χ3v) is 3.80. The molecule has 0 spiro atoms. The predicted molar refractivity (Wildman–Crippen MR) is 107 cm³/mol. The normalized spacial score (nSPS) is 10.5. The summed E-state index contributed by atoms with van der Waals surface area (Å²) in [6.07, 6.45) is 0.0616. The number of hydrogen-bond donors (Lipinski definition) is 2. The molecule has 0 bridgehead atoms. The van der Waals surface area contributed by atoms with Gasteiger partial charge in [-0.25, -0.2) is 0 Å². The number of aryl methyl sites for hydroxylation is 1. The fourth-order valence-electron chi connectivity index (χ4n) is 2.48. The smallest absolute Gasteiger partial charge is 0.276 e. The van der Waals surface area contributed by atoms with Gasteiger partial charge in [0.1, 0.15) is 5.75 Å². The van der Waals surface area contributed by atoms with E-state index in [1.54, 1.807) is 12.1 Å². The maximum absolute atomic E-state index is 12.4. The van der Waals surface area contributed by atoms with Gasteiger partial charge in [0.25, 0.3) is 5.91 Å². The van der Waals surface area contributed by atoms with Gasteiger partial charge in [-0.2, -0.15) is 0 Å². The number of carbonyl (C=O) groups is 1. The van der Waals surface area contributed by atoms with Crippen molar-refractivity contribution in [3.8, 4) is 5.75 Å². The number of anilines is 3. The zero-order valence-corrected chi connectivity index (χ0v) is 15.6. The Labute approximate surface area is 158 Å². The van der Waals surface area contributed by atoms with Gasteiger partial charge < -0.3 is 15.4 Å². The van der Waals surface area contributed by atoms with Gasteiger partial charge in [-0.3, -0.25) is 4.79 Å². The van der Waals surface area contributed by atoms with E-state index in [1.807, 2.05) is 69.3 Å². The SMILES string of the molecule is Cc1ccccc1NC(=O)c1ccc(Nc2ccccc2OC(C)C)nn1. The summed E-state index contributed by atoms with van der Waals surface area (Å²) in [5.74, 6) is 0.963. The molecule has 0 fully saturated rings. The van der Waals surface area contributed by atoms with E-state index in [0.717, 1.165) is 22.7 Å². The van der Waals surface area contributed by atoms with E-state index in [0.29, 0.717) is 5.82 Å². The lowest BCUT2D eigenvalue weighted by atomic mass is 10.2. The average molecular weight is 362 g/mol. The average Bonchev–Trinajstić information content (AvgIpc) is 2.65. The lowest BCUT2D eigenvalue weighted by Crippen LogP contribution is -2.15. The van der Waals surface area contributed by atoms with E-state index in [4.69, 9.17) is 4.74 Å². The second-order valence-electron chi connectivity index (χ2n) is 6.36. The largest absolute Gasteiger partial charge is 0.489 e. The van der Waals surface area contributed by atoms with Crippen molar-refractivity contribution in [2.24, 2.45) is 0 Å². The monoisotopic (exact) mass is 362 g/mol. The van der Waals surface area contributed by atoms with Crippen LogP contribution < -0.4 is 15.4 Å². The minimum atomic E-state index is -0.299. The van der Waals surface area contributed by atoms with Crippen molar-refractivity contribution in [2.75, 3.05) is 10.6 Å². The van der Waals surface area contributed by atoms with Gasteiger partial charge in [-0.15, -0.1) is 10.2 Å². The number of amides is 1. The van der Waals surface area contributed by atoms with Crippen LogP contribution in [0.25, 0.3) is 0 Å². The minimum absolute atomic E-state index is 0.0616. The highest BCUT2D eigenvalue weighted by atomic mass is 16.5. The molecule has 0 aliphatic carbocycles. The first-order valence-corrected chi connectivity index (χ1v) is 8.76. The number of nitrogens with one attached hydrogen (secondary N) is 2. The van der Waals surface area contributed by atoms with E-state index in [-0.39, 0.29) is 17.7 Å². The van der Waals surface area contributed by atoms with Gasteiger partial charge in [0, 0.05) is 5.69 Å². The summed E-state index contributed by atoms with van der Waals surface area (Å²) in [6, 6.07) is 18.5. The highest BCUT2D eigenvalue weighted by Gasteiger charge is 2.11. The van der Waals surface area contributed by atoms with Gasteiger partial charge in [0.2, 0.25) is 0 Å². The summed E-state index contributed by atoms with van der Waals surface area (Å²) in [4.78, 5) is 12.4. The van der Waals surface area contributed by atoms with Gasteiger partial charge in [-0.05, 0) is 56.7 Å². The topological polar surface area (TPSA) is 76.1 Å². The molecule has 1 amide bonds. The molecule has 6 nitrogen and oxygen atoms in total. The second kappa shape index (κ2) is 8.31. The molecule has 3 aromatic rings. The molecule has 0 unspecified atom stereocenters. The summed E-state index contributed by atoms with van der Waals surface area (Å²) >= 11 is 0. The maximum Gasteiger partial charge on any atom is 0.276 e. The van der Waals surface area contributed by atoms with Crippen LogP contribution in [-0.2, 0) is 0 Å². The summed E-state index contributed by atoms with van der Waals surface area (Å²) in [5, 5.41) is 14.1. The van der Waals surface area contributed by atoms with Crippen LogP contribution in [-0.4, -0.2) is 22.2 Å². The Kier molecular flexibility index (Phi) is 5.66. The lowest BCUT2D eigenvalue weighted by molar-refractivity contribution is 0.102. The van der Waals surface area contributed by atoms with Crippen molar-refractivity contribution in [1.29, 1.82) is 0 Å². The molecule has 2 N–H and O–H groups in total. The first kappa shape index (κ1) is 18.4. The first-order chi connectivity index (χ1) is 13.0. The number of ether oxygens (including phenoxy) is 1. The third kappa shape index (κ3) is 4.82. The van der Waals surface area contributed by atoms with Crippen LogP contribution in [0.15, 0.2) is 60.7 Å². The molecule has 0 aliphatic heterocycles. The van der Waals surface area contributed by atoms with E-state index < -0.39 is 0 Å². The number of nitrogens with zero attached hydrogens (tertiary/aromatic N) is 2. The Morgan fingerprint density at radius 1 is 0.926 bits per heavy atom. The standard InChI is InChI=1S/C21H22N4O2/c1-14(2)27-19-11-7-6-10-17(19)22-20-13-12-18(24-25-20)21(26)23-16-9-5-4-8-15(16)3/h4-14H,1-3H3,(H,22,25)(H,23,26). The van der Waals surface area contributed by atoms with Crippen molar-refractivity contribution < 1.29 is 9.53 Å². The molecule has 2 aromatic carbocycles. The van der Waals surface area contributed by atoms with Crippen LogP contribution in [0.5, 0.6) is 5.75 Å². The van der Waals surface area contributed by atoms with Crippen LogP contribution in [0.3, 0.4) is 0 Å². The maximum atomic E-state index is 12.4. The molecule has 1 aromatic heterocycles. The fourth-order valence-corrected chi connectivity index (χ4v) is 2.48. The molecule has 0 saturated heterocycles. The van der Waals surface area contributed by atoms with E-state index >= 15 is 0 Å². The molecule has 0 radical (unpaired) electrons. The predicted octanol–water partition coefficient (Wildman–Crippen LogP) is 4.57. The molecule has 27 heavy (non-hydrogen) atoms. The van der Waals surface area contributed by atoms with Gasteiger partial charge in [0.05, 0.1) is 11.8 Å². The molecular formula is C21H22N4O2. The van der Waals surface area contributed by atoms with Crippen molar-refractivity contribution in [3.63, 3.8) is 0 Å². The zero-order valence-electron chi connectivity index (χ0n) is 15.6. The third-order valence-electron chi connectivity index (χ3n) is 3.80. The molecule has 0 atom stereocenters. The van der Waals surface area contributed by atoms with Crippen LogP contribution >= 0.6 is 0 Å². The number of para-hydroxylation sites is 3. The number of carbonyl (C=O) groups excluding carboxylic acids is 1. The van der Waals surface area contributed by atoms with Crippen LogP contribution in [0, 0.1) is 6.92 Å². The molecule has 138 valence electrons. The Hall–Kier alpha value is -3.41. The second-order valence-corrected chi connectivity index (χ2v) is 6.36. The summed E-state index contributed by atoms with van der Waals surface area (Å²) < 4.78 is 5.78. The van der Waals surface area contributed by atoms with E-state index in [1.165, 1.54) is 0 Å². The number of benzene rings is 2. The van der Waals surface area contributed by atoms with Crippen molar-refractivity contribution in [1.82, 2.24) is 10.2 Å². The first-order valence-electron chi connectivity index (χ1n) is 8.76. The van der Waals surface area contributed by atoms with Gasteiger partial charge in [0.15, 0.2) is 11.5 Å². The highest BCUT2D eigenvalue weighted by Crippen LogP contribution is 2.27. The van der Waals surface area contributed by atoms with Crippen LogP contribution in [0.2, 0.25) is 0 Å². The van der Waals surface area contributed by atoms with E-state index in [9.17, 15) is 4.79 Å². The van der Waals surface area contributed by atoms with Crippen LogP contribution in [0.1, 0.15) is 29.9 Å². The van der Waals surface area contributed by atoms with Gasteiger partial charge >= 0.3 is 0 Å². The zero-order chi connectivity index (χ0) is 19.2. The lowest BCUT2D eigenvalue weighted by Gasteiger charge is -2.15. The summed E-state index contributed by atoms with van der Waals surface area (Å²) in [5.41, 5.74) is 2.78. The van der Waals surface area contributed by atoms with Crippen molar-refractivity contribution in [2.45, 2.75) is 26.9 Å². The van der Waals surface area contributed by atoms with Gasteiger partial charge in [-0.1, -0.05) is 30.3 Å². The molecule has 0 saturated carbocycles. The number of hydrogen-bond acceptors (Lipinski definition) is 5. The van der Waals surface area contributed by atoms with Crippen molar-refractivity contribution in [3.05, 3.63) is 71.9 Å². The summed E-state index contributed by atoms with van der Waals surface area (Å²) in [6.45, 7) is 5.88. The fraction of sp³-hybridized carbons (Fsp3) is 0.190. The Morgan fingerprint density at radius 3 is 2.30 bits per heavy atom. The molecule has 0 aliphatic rings. The Morgan fingerprint density at radius 2 is 1.63 bits per heavy atom. The molecular weight excluding hydrogens is 340 g/mol. The van der Waals surface area contributed by atoms with E-state index in [2.05, 4.69) is 20.8 Å². The molecule has 1 heterocycles. The molecule has 6 heteroatoms. The van der Waals surface area contributed by atoms with Crippen LogP contribution in [0.4, 0.5) is 17.2 Å². The highest BCUT2D eigenvalue weighted by molar-refractivity contribution is 6.03. The molecule has 3 rings (SSSR count). The quantitative estimate of drug-likeness (QED) is 0.672. The Bertz CT molecular complexity index is 923. The number of aromatic nitrogens is 2. The summed E-state index contributed by atoms with van der Waals surface area (Å²) in [7, 11) is 0. The van der Waals surface area contributed by atoms with Crippen molar-refractivity contribution >= 4 is 23.1 Å². The Balaban J connectivity index is 1.71. The number of rotatable bonds is 6. The minimum Gasteiger partial charge on any atom is -0.489 e.